The summed E-state index contributed by atoms with van der Waals surface area (Å²) >= 11 is 0. The summed E-state index contributed by atoms with van der Waals surface area (Å²) in [5.41, 5.74) is 5.65. The zero-order valence-electron chi connectivity index (χ0n) is 17.5. The maximum absolute atomic E-state index is 5.69. The number of fused-ring (bicyclic) bond motifs is 4. The molecule has 0 bridgehead atoms. The highest BCUT2D eigenvalue weighted by Crippen LogP contribution is 2.56. The minimum Gasteiger partial charge on any atom is -0.361 e. The first kappa shape index (κ1) is 18.3. The second-order valence-electron chi connectivity index (χ2n) is 8.72. The minimum absolute atomic E-state index is 0.219. The molecule has 0 saturated carbocycles. The van der Waals surface area contributed by atoms with Crippen molar-refractivity contribution < 1.29 is 4.52 Å². The lowest BCUT2D eigenvalue weighted by Crippen LogP contribution is -2.48. The monoisotopic (exact) mass is 408 g/mol. The average Bonchev–Trinajstić information content (AvgIpc) is 3.29. The molecule has 4 aromatic rings. The number of anilines is 2. The Morgan fingerprint density at radius 2 is 1.74 bits per heavy atom. The van der Waals surface area contributed by atoms with Crippen molar-refractivity contribution in [2.75, 3.05) is 5.32 Å². The second kappa shape index (κ2) is 7.05. The molecule has 0 fully saturated rings. The normalized spacial score (nSPS) is 24.0. The van der Waals surface area contributed by atoms with Gasteiger partial charge in [-0.2, -0.15) is 0 Å². The first-order valence-corrected chi connectivity index (χ1v) is 10.9. The molecule has 0 saturated heterocycles. The lowest BCUT2D eigenvalue weighted by molar-refractivity contribution is 0.189. The van der Waals surface area contributed by atoms with Crippen LogP contribution in [0, 0.1) is 5.92 Å². The maximum Gasteiger partial charge on any atom is 0.227 e. The topological polar surface area (TPSA) is 63.8 Å². The summed E-state index contributed by atoms with van der Waals surface area (Å²) in [5.74, 6) is 2.35. The van der Waals surface area contributed by atoms with Gasteiger partial charge in [-0.05, 0) is 48.4 Å². The highest BCUT2D eigenvalue weighted by molar-refractivity contribution is 5.55. The van der Waals surface area contributed by atoms with Gasteiger partial charge in [0.15, 0.2) is 0 Å². The predicted octanol–water partition coefficient (Wildman–Crippen LogP) is 5.42. The summed E-state index contributed by atoms with van der Waals surface area (Å²) < 4.78 is 5.69. The van der Waals surface area contributed by atoms with E-state index in [2.05, 4.69) is 52.7 Å². The van der Waals surface area contributed by atoms with E-state index in [1.807, 2.05) is 42.7 Å². The van der Waals surface area contributed by atoms with Crippen LogP contribution in [0.25, 0.3) is 0 Å². The Hall–Kier alpha value is -3.47. The second-order valence-corrected chi connectivity index (χ2v) is 8.72. The van der Waals surface area contributed by atoms with Gasteiger partial charge in [-0.15, -0.1) is 0 Å². The molecule has 6 rings (SSSR count). The lowest BCUT2D eigenvalue weighted by atomic mass is 9.53. The van der Waals surface area contributed by atoms with Crippen LogP contribution in [0.15, 0.2) is 77.6 Å². The van der Waals surface area contributed by atoms with Crippen LogP contribution in [0.2, 0.25) is 0 Å². The molecule has 0 unspecified atom stereocenters. The van der Waals surface area contributed by atoms with E-state index in [1.165, 1.54) is 16.7 Å². The van der Waals surface area contributed by atoms with Crippen LogP contribution in [-0.4, -0.2) is 15.1 Å². The van der Waals surface area contributed by atoms with Gasteiger partial charge in [-0.1, -0.05) is 60.6 Å². The summed E-state index contributed by atoms with van der Waals surface area (Å²) in [4.78, 5) is 9.81. The first-order valence-electron chi connectivity index (χ1n) is 10.9. The molecular weight excluding hydrogens is 384 g/mol. The smallest absolute Gasteiger partial charge is 0.227 e. The van der Waals surface area contributed by atoms with E-state index in [-0.39, 0.29) is 11.3 Å². The van der Waals surface area contributed by atoms with Crippen LogP contribution in [0.1, 0.15) is 47.4 Å². The molecular formula is C26H24N4O. The number of aryl methyl sites for hydroxylation is 1. The standard InChI is InChI=1S/C26H24N4O/c1-17-22-13-12-18-15-27-25(29-21-10-6-3-7-11-21)30-24(18)26(22,20-8-4-2-5-9-20)14-19-16-28-31-23(17)19/h2-11,15-17,22H,12-14H2,1H3,(H,27,29,30)/t17-,22-,26+/m0/s1. The lowest BCUT2D eigenvalue weighted by Gasteiger charge is -2.49. The van der Waals surface area contributed by atoms with Crippen LogP contribution in [0.5, 0.6) is 0 Å². The fourth-order valence-corrected chi connectivity index (χ4v) is 5.76. The van der Waals surface area contributed by atoms with Gasteiger partial charge in [-0.25, -0.2) is 9.97 Å². The summed E-state index contributed by atoms with van der Waals surface area (Å²) in [6, 6.07) is 20.9. The molecule has 0 amide bonds. The van der Waals surface area contributed by atoms with Crippen molar-refractivity contribution in [3.63, 3.8) is 0 Å². The van der Waals surface area contributed by atoms with Gasteiger partial charge in [0.1, 0.15) is 5.76 Å². The molecule has 5 nitrogen and oxygen atoms in total. The number of para-hydroxylation sites is 1. The van der Waals surface area contributed by atoms with Crippen molar-refractivity contribution in [1.82, 2.24) is 15.1 Å². The molecule has 2 heterocycles. The number of aromatic nitrogens is 3. The van der Waals surface area contributed by atoms with Crippen molar-refractivity contribution in [3.8, 4) is 0 Å². The third-order valence-corrected chi connectivity index (χ3v) is 7.13. The minimum atomic E-state index is -0.219. The molecule has 3 atom stereocenters. The number of nitrogens with one attached hydrogen (secondary N) is 1. The average molecular weight is 409 g/mol. The van der Waals surface area contributed by atoms with Crippen LogP contribution in [-0.2, 0) is 18.3 Å². The molecule has 5 heteroatoms. The van der Waals surface area contributed by atoms with E-state index in [0.717, 1.165) is 36.4 Å². The summed E-state index contributed by atoms with van der Waals surface area (Å²) in [6.45, 7) is 2.28. The van der Waals surface area contributed by atoms with Crippen LogP contribution in [0.4, 0.5) is 11.6 Å². The van der Waals surface area contributed by atoms with Crippen LogP contribution < -0.4 is 5.32 Å². The zero-order chi connectivity index (χ0) is 20.8. The van der Waals surface area contributed by atoms with E-state index in [0.29, 0.717) is 11.9 Å². The van der Waals surface area contributed by atoms with Gasteiger partial charge in [0, 0.05) is 28.8 Å². The van der Waals surface area contributed by atoms with E-state index >= 15 is 0 Å². The van der Waals surface area contributed by atoms with Gasteiger partial charge in [0.25, 0.3) is 0 Å². The summed E-state index contributed by atoms with van der Waals surface area (Å²) in [7, 11) is 0. The van der Waals surface area contributed by atoms with E-state index in [9.17, 15) is 0 Å². The van der Waals surface area contributed by atoms with Crippen molar-refractivity contribution in [2.45, 2.75) is 37.5 Å². The Morgan fingerprint density at radius 1 is 0.968 bits per heavy atom. The van der Waals surface area contributed by atoms with Crippen LogP contribution >= 0.6 is 0 Å². The molecule has 0 radical (unpaired) electrons. The molecule has 31 heavy (non-hydrogen) atoms. The number of benzene rings is 2. The third-order valence-electron chi connectivity index (χ3n) is 7.13. The molecule has 2 aliphatic rings. The van der Waals surface area contributed by atoms with Gasteiger partial charge >= 0.3 is 0 Å². The third kappa shape index (κ3) is 2.80. The van der Waals surface area contributed by atoms with E-state index in [4.69, 9.17) is 9.51 Å². The fourth-order valence-electron chi connectivity index (χ4n) is 5.76. The summed E-state index contributed by atoms with van der Waals surface area (Å²) in [5, 5.41) is 7.54. The van der Waals surface area contributed by atoms with Gasteiger partial charge in [0.2, 0.25) is 5.95 Å². The Labute approximate surface area is 181 Å². The fraction of sp³-hybridized carbons (Fsp3) is 0.269. The Bertz CT molecular complexity index is 1220. The molecule has 2 aliphatic carbocycles. The number of nitrogens with zero attached hydrogens (tertiary/aromatic N) is 3. The van der Waals surface area contributed by atoms with Gasteiger partial charge in [-0.3, -0.25) is 0 Å². The predicted molar refractivity (Wildman–Crippen MR) is 119 cm³/mol. The molecule has 154 valence electrons. The molecule has 0 spiro atoms. The number of hydrogen-bond acceptors (Lipinski definition) is 5. The van der Waals surface area contributed by atoms with E-state index < -0.39 is 0 Å². The number of rotatable bonds is 3. The highest BCUT2D eigenvalue weighted by Gasteiger charge is 2.53. The van der Waals surface area contributed by atoms with Gasteiger partial charge < -0.3 is 9.84 Å². The van der Waals surface area contributed by atoms with Crippen molar-refractivity contribution in [2.24, 2.45) is 5.92 Å². The zero-order valence-corrected chi connectivity index (χ0v) is 17.5. The summed E-state index contributed by atoms with van der Waals surface area (Å²) in [6.07, 6.45) is 6.82. The Kier molecular flexibility index (Phi) is 4.16. The molecule has 2 aromatic carbocycles. The molecule has 0 aliphatic heterocycles. The highest BCUT2D eigenvalue weighted by atomic mass is 16.5. The molecule has 1 N–H and O–H groups in total. The maximum atomic E-state index is 5.69. The number of hydrogen-bond donors (Lipinski definition) is 1. The quantitative estimate of drug-likeness (QED) is 0.491. The van der Waals surface area contributed by atoms with Crippen molar-refractivity contribution in [3.05, 3.63) is 101 Å². The SMILES string of the molecule is C[C@@H]1c2oncc2C[C@]2(c3ccccc3)c3nc(Nc4ccccc4)ncc3CC[C@@H]12. The Morgan fingerprint density at radius 3 is 2.55 bits per heavy atom. The van der Waals surface area contributed by atoms with Crippen molar-refractivity contribution >= 4 is 11.6 Å². The molecule has 2 aromatic heterocycles. The Balaban J connectivity index is 1.55. The van der Waals surface area contributed by atoms with Crippen molar-refractivity contribution in [1.29, 1.82) is 0 Å². The first-order chi connectivity index (χ1) is 15.3. The largest absolute Gasteiger partial charge is 0.361 e. The van der Waals surface area contributed by atoms with Crippen LogP contribution in [0.3, 0.4) is 0 Å². The van der Waals surface area contributed by atoms with E-state index in [1.54, 1.807) is 0 Å². The van der Waals surface area contributed by atoms with Gasteiger partial charge in [0.05, 0.1) is 11.9 Å².